The molecule has 1 saturated carbocycles. The van der Waals surface area contributed by atoms with Gasteiger partial charge in [0.1, 0.15) is 11.3 Å². The van der Waals surface area contributed by atoms with Crippen molar-refractivity contribution in [3.8, 4) is 0 Å². The molecule has 1 aromatic heterocycles. The Morgan fingerprint density at radius 1 is 1.38 bits per heavy atom. The van der Waals surface area contributed by atoms with Crippen molar-refractivity contribution in [3.63, 3.8) is 0 Å². The van der Waals surface area contributed by atoms with Gasteiger partial charge >= 0.3 is 0 Å². The molecule has 5 nitrogen and oxygen atoms in total. The molecular formula is C15H21N3O2S. The zero-order valence-electron chi connectivity index (χ0n) is 12.4. The summed E-state index contributed by atoms with van der Waals surface area (Å²) in [5.41, 5.74) is 7.38. The van der Waals surface area contributed by atoms with E-state index in [4.69, 9.17) is 5.73 Å². The first kappa shape index (κ1) is 14.5. The Labute approximate surface area is 124 Å². The van der Waals surface area contributed by atoms with Gasteiger partial charge in [0, 0.05) is 17.7 Å². The van der Waals surface area contributed by atoms with Gasteiger partial charge in [0.2, 0.25) is 0 Å². The zero-order chi connectivity index (χ0) is 15.3. The molecule has 3 N–H and O–H groups in total. The van der Waals surface area contributed by atoms with Crippen molar-refractivity contribution in [2.75, 3.05) is 6.26 Å². The first-order valence-electron chi connectivity index (χ1n) is 7.27. The molecule has 0 aliphatic heterocycles. The number of hydrogen-bond donors (Lipinski definition) is 2. The molecule has 1 aromatic carbocycles. The highest BCUT2D eigenvalue weighted by atomic mass is 32.2. The van der Waals surface area contributed by atoms with Crippen LogP contribution in [-0.2, 0) is 15.3 Å². The molecule has 6 heteroatoms. The summed E-state index contributed by atoms with van der Waals surface area (Å²) < 4.78 is 23.8. The minimum atomic E-state index is -3.29. The minimum Gasteiger partial charge on any atom is -0.341 e. The van der Waals surface area contributed by atoms with Crippen molar-refractivity contribution in [3.05, 3.63) is 24.0 Å². The maximum absolute atomic E-state index is 11.9. The number of nitrogens with one attached hydrogen (secondary N) is 1. The summed E-state index contributed by atoms with van der Waals surface area (Å²) in [6, 6.07) is 5.25. The number of aromatic nitrogens is 2. The van der Waals surface area contributed by atoms with Gasteiger partial charge in [-0.15, -0.1) is 0 Å². The van der Waals surface area contributed by atoms with E-state index in [0.717, 1.165) is 37.0 Å². The third kappa shape index (κ3) is 2.36. The van der Waals surface area contributed by atoms with Crippen molar-refractivity contribution in [1.82, 2.24) is 9.97 Å². The number of aromatic amines is 1. The maximum Gasteiger partial charge on any atom is 0.177 e. The Kier molecular flexibility index (Phi) is 3.33. The van der Waals surface area contributed by atoms with E-state index in [0.29, 0.717) is 5.52 Å². The van der Waals surface area contributed by atoms with Gasteiger partial charge in [0.25, 0.3) is 0 Å². The van der Waals surface area contributed by atoms with Gasteiger partial charge in [-0.05, 0) is 25.0 Å². The summed E-state index contributed by atoms with van der Waals surface area (Å²) >= 11 is 0. The Balaban J connectivity index is 2.18. The van der Waals surface area contributed by atoms with Crippen LogP contribution in [0.1, 0.15) is 38.4 Å². The van der Waals surface area contributed by atoms with Crippen LogP contribution in [0.15, 0.2) is 23.1 Å². The van der Waals surface area contributed by atoms with Crippen LogP contribution in [0, 0.1) is 0 Å². The van der Waals surface area contributed by atoms with Crippen LogP contribution < -0.4 is 5.73 Å². The molecule has 2 unspecified atom stereocenters. The molecule has 3 rings (SSSR count). The molecule has 2 atom stereocenters. The van der Waals surface area contributed by atoms with E-state index in [2.05, 4.69) is 16.9 Å². The van der Waals surface area contributed by atoms with Crippen LogP contribution in [0.4, 0.5) is 0 Å². The molecule has 0 bridgehead atoms. The first-order valence-corrected chi connectivity index (χ1v) is 9.16. The summed E-state index contributed by atoms with van der Waals surface area (Å²) in [4.78, 5) is 8.18. The highest BCUT2D eigenvalue weighted by Crippen LogP contribution is 2.38. The average Bonchev–Trinajstić information content (AvgIpc) is 2.85. The van der Waals surface area contributed by atoms with Crippen LogP contribution in [0.25, 0.3) is 11.0 Å². The lowest BCUT2D eigenvalue weighted by atomic mass is 9.71. The summed E-state index contributed by atoms with van der Waals surface area (Å²) in [7, 11) is -3.29. The van der Waals surface area contributed by atoms with E-state index in [9.17, 15) is 8.42 Å². The fourth-order valence-corrected chi connectivity index (χ4v) is 4.06. The summed E-state index contributed by atoms with van der Waals surface area (Å²) in [5.74, 6) is 0.806. The predicted molar refractivity (Wildman–Crippen MR) is 83.0 cm³/mol. The standard InChI is InChI=1S/C15H21N3O2S/c1-15(9-4-3-8-12(15)16)14-17-10-6-5-7-11(13(10)18-14)21(2,19)20/h5-7,12H,3-4,8-9,16H2,1-2H3,(H,17,18). The first-order chi connectivity index (χ1) is 9.82. The van der Waals surface area contributed by atoms with Crippen LogP contribution in [0.5, 0.6) is 0 Å². The van der Waals surface area contributed by atoms with Gasteiger partial charge in [-0.1, -0.05) is 25.8 Å². The molecule has 0 radical (unpaired) electrons. The Hall–Kier alpha value is -1.40. The van der Waals surface area contributed by atoms with E-state index < -0.39 is 9.84 Å². The molecule has 1 aliphatic carbocycles. The number of hydrogen-bond acceptors (Lipinski definition) is 4. The molecule has 1 aliphatic rings. The SMILES string of the molecule is CC1(c2nc3c(S(C)(=O)=O)cccc3[nH]2)CCCCC1N. The van der Waals surface area contributed by atoms with Gasteiger partial charge in [0.15, 0.2) is 9.84 Å². The van der Waals surface area contributed by atoms with Gasteiger partial charge in [0.05, 0.1) is 10.4 Å². The van der Waals surface area contributed by atoms with E-state index in [-0.39, 0.29) is 16.4 Å². The van der Waals surface area contributed by atoms with Gasteiger partial charge < -0.3 is 10.7 Å². The smallest absolute Gasteiger partial charge is 0.177 e. The molecule has 21 heavy (non-hydrogen) atoms. The molecular weight excluding hydrogens is 286 g/mol. The van der Waals surface area contributed by atoms with Gasteiger partial charge in [-0.25, -0.2) is 13.4 Å². The lowest BCUT2D eigenvalue weighted by Crippen LogP contribution is -2.46. The third-order valence-electron chi connectivity index (χ3n) is 4.70. The quantitative estimate of drug-likeness (QED) is 0.889. The second kappa shape index (κ2) is 4.81. The molecule has 2 aromatic rings. The number of para-hydroxylation sites is 1. The fraction of sp³-hybridized carbons (Fsp3) is 0.533. The second-order valence-electron chi connectivity index (χ2n) is 6.28. The molecule has 114 valence electrons. The third-order valence-corrected chi connectivity index (χ3v) is 5.82. The fourth-order valence-electron chi connectivity index (χ4n) is 3.23. The highest BCUT2D eigenvalue weighted by Gasteiger charge is 2.38. The zero-order valence-corrected chi connectivity index (χ0v) is 13.2. The number of rotatable bonds is 2. The number of fused-ring (bicyclic) bond motifs is 1. The number of benzene rings is 1. The number of imidazole rings is 1. The van der Waals surface area contributed by atoms with Crippen molar-refractivity contribution in [2.45, 2.75) is 49.0 Å². The van der Waals surface area contributed by atoms with Crippen molar-refractivity contribution in [1.29, 1.82) is 0 Å². The summed E-state index contributed by atoms with van der Waals surface area (Å²) in [6.07, 6.45) is 5.44. The Morgan fingerprint density at radius 2 is 2.14 bits per heavy atom. The Morgan fingerprint density at radius 3 is 2.81 bits per heavy atom. The van der Waals surface area contributed by atoms with Crippen LogP contribution in [0.2, 0.25) is 0 Å². The highest BCUT2D eigenvalue weighted by molar-refractivity contribution is 7.91. The van der Waals surface area contributed by atoms with E-state index in [1.807, 2.05) is 6.07 Å². The van der Waals surface area contributed by atoms with Crippen molar-refractivity contribution >= 4 is 20.9 Å². The van der Waals surface area contributed by atoms with Crippen LogP contribution in [-0.4, -0.2) is 30.7 Å². The van der Waals surface area contributed by atoms with E-state index in [1.54, 1.807) is 12.1 Å². The molecule has 1 fully saturated rings. The maximum atomic E-state index is 11.9. The second-order valence-corrected chi connectivity index (χ2v) is 8.26. The normalized spacial score (nSPS) is 27.1. The van der Waals surface area contributed by atoms with Crippen LogP contribution in [0.3, 0.4) is 0 Å². The number of sulfone groups is 1. The Bertz CT molecular complexity index is 781. The van der Waals surface area contributed by atoms with E-state index >= 15 is 0 Å². The predicted octanol–water partition coefficient (Wildman–Crippen LogP) is 2.13. The largest absolute Gasteiger partial charge is 0.341 e. The van der Waals surface area contributed by atoms with Gasteiger partial charge in [-0.3, -0.25) is 0 Å². The monoisotopic (exact) mass is 307 g/mol. The number of H-pyrrole nitrogens is 1. The van der Waals surface area contributed by atoms with Crippen molar-refractivity contribution < 1.29 is 8.42 Å². The topological polar surface area (TPSA) is 88.8 Å². The molecule has 1 heterocycles. The van der Waals surface area contributed by atoms with Crippen LogP contribution >= 0.6 is 0 Å². The van der Waals surface area contributed by atoms with Crippen molar-refractivity contribution in [2.24, 2.45) is 5.73 Å². The molecule has 0 saturated heterocycles. The lowest BCUT2D eigenvalue weighted by molar-refractivity contribution is 0.260. The number of nitrogens with zero attached hydrogens (tertiary/aromatic N) is 1. The molecule has 0 spiro atoms. The lowest BCUT2D eigenvalue weighted by Gasteiger charge is -2.37. The summed E-state index contributed by atoms with van der Waals surface area (Å²) in [6.45, 7) is 2.12. The van der Waals surface area contributed by atoms with Gasteiger partial charge in [-0.2, -0.15) is 0 Å². The number of nitrogens with two attached hydrogens (primary N) is 1. The minimum absolute atomic E-state index is 0.0495. The van der Waals surface area contributed by atoms with E-state index in [1.165, 1.54) is 6.26 Å². The molecule has 0 amide bonds. The average molecular weight is 307 g/mol. The summed E-state index contributed by atoms with van der Waals surface area (Å²) in [5, 5.41) is 0.